The van der Waals surface area contributed by atoms with E-state index in [0.29, 0.717) is 0 Å². The number of pyridine rings is 2. The summed E-state index contributed by atoms with van der Waals surface area (Å²) in [5, 5.41) is 4.06. The third-order valence-corrected chi connectivity index (χ3v) is 12.2. The quantitative estimate of drug-likeness (QED) is 0.127. The second kappa shape index (κ2) is 15.5. The Balaban J connectivity index is 0.000000205. The molecule has 7 rings (SSSR count). The monoisotopic (exact) mass is 881 g/mol. The Morgan fingerprint density at radius 1 is 0.686 bits per heavy atom. The maximum absolute atomic E-state index is 4.71. The van der Waals surface area contributed by atoms with Gasteiger partial charge in [-0.05, 0) is 78.8 Å². The zero-order valence-electron chi connectivity index (χ0n) is 31.3. The van der Waals surface area contributed by atoms with Crippen LogP contribution >= 0.6 is 11.3 Å². The molecular formula is C46H48IrN2SSi-2. The minimum Gasteiger partial charge on any atom is -0.305 e. The van der Waals surface area contributed by atoms with Crippen LogP contribution in [0.2, 0.25) is 19.6 Å². The van der Waals surface area contributed by atoms with Gasteiger partial charge in [-0.1, -0.05) is 121 Å². The first-order valence-electron chi connectivity index (χ1n) is 17.5. The van der Waals surface area contributed by atoms with E-state index in [9.17, 15) is 0 Å². The summed E-state index contributed by atoms with van der Waals surface area (Å²) in [5.74, 6) is 0. The third kappa shape index (κ3) is 9.20. The Morgan fingerprint density at radius 3 is 2.10 bits per heavy atom. The van der Waals surface area contributed by atoms with Crippen molar-refractivity contribution in [3.63, 3.8) is 0 Å². The molecule has 0 bridgehead atoms. The topological polar surface area (TPSA) is 25.8 Å². The summed E-state index contributed by atoms with van der Waals surface area (Å²) in [6, 6.07) is 43.0. The molecule has 51 heavy (non-hydrogen) atoms. The van der Waals surface area contributed by atoms with Gasteiger partial charge in [-0.15, -0.1) is 59.7 Å². The van der Waals surface area contributed by atoms with E-state index in [1.54, 1.807) is 0 Å². The normalized spacial score (nSPS) is 11.9. The van der Waals surface area contributed by atoms with Gasteiger partial charge < -0.3 is 9.97 Å². The van der Waals surface area contributed by atoms with E-state index in [4.69, 9.17) is 4.98 Å². The van der Waals surface area contributed by atoms with Gasteiger partial charge in [0.05, 0.1) is 8.07 Å². The average Bonchev–Trinajstić information content (AvgIpc) is 3.46. The Bertz CT molecular complexity index is 2240. The fourth-order valence-electron chi connectivity index (χ4n) is 6.37. The fourth-order valence-corrected chi connectivity index (χ4v) is 9.13. The Hall–Kier alpha value is -3.73. The predicted molar refractivity (Wildman–Crippen MR) is 220 cm³/mol. The molecule has 3 aromatic heterocycles. The average molecular weight is 881 g/mol. The van der Waals surface area contributed by atoms with E-state index < -0.39 is 8.07 Å². The molecule has 0 saturated heterocycles. The van der Waals surface area contributed by atoms with Crippen molar-refractivity contribution in [2.75, 3.05) is 0 Å². The van der Waals surface area contributed by atoms with Crippen molar-refractivity contribution in [1.82, 2.24) is 9.97 Å². The molecule has 0 spiro atoms. The van der Waals surface area contributed by atoms with Gasteiger partial charge in [0.1, 0.15) is 0 Å². The first-order chi connectivity index (χ1) is 23.7. The van der Waals surface area contributed by atoms with Crippen molar-refractivity contribution in [2.24, 2.45) is 5.41 Å². The summed E-state index contributed by atoms with van der Waals surface area (Å²) >= 11 is 1.83. The minimum atomic E-state index is -1.37. The molecule has 1 radical (unpaired) electrons. The van der Waals surface area contributed by atoms with Gasteiger partial charge in [0, 0.05) is 37.2 Å². The van der Waals surface area contributed by atoms with Crippen LogP contribution in [-0.2, 0) is 31.9 Å². The SMILES string of the molecule is CC(C)(C)Cc1cc(-c2[c-]cccc2)ncc1[Si](C)(C)C.CC(C)(C)c1ccnc(-c2[c-]ccc3c2sc2ccc(-c4ccccc4)cc23)c1.[Ir]. The zero-order valence-corrected chi connectivity index (χ0v) is 35.5. The van der Waals surface area contributed by atoms with Crippen LogP contribution in [0.5, 0.6) is 0 Å². The molecule has 0 aliphatic carbocycles. The van der Waals surface area contributed by atoms with Crippen LogP contribution in [0.15, 0.2) is 116 Å². The number of hydrogen-bond donors (Lipinski definition) is 0. The third-order valence-electron chi connectivity index (χ3n) is 8.92. The first-order valence-corrected chi connectivity index (χ1v) is 21.8. The second-order valence-electron chi connectivity index (χ2n) is 16.4. The molecule has 0 aliphatic heterocycles. The van der Waals surface area contributed by atoms with Gasteiger partial charge >= 0.3 is 0 Å². The predicted octanol–water partition coefficient (Wildman–Crippen LogP) is 12.6. The number of aromatic nitrogens is 2. The summed E-state index contributed by atoms with van der Waals surface area (Å²) in [4.78, 5) is 9.39. The van der Waals surface area contributed by atoms with Crippen molar-refractivity contribution in [2.45, 2.75) is 73.0 Å². The van der Waals surface area contributed by atoms with E-state index in [0.717, 1.165) is 28.9 Å². The Kier molecular flexibility index (Phi) is 11.7. The van der Waals surface area contributed by atoms with Crippen LogP contribution in [0.3, 0.4) is 0 Å². The van der Waals surface area contributed by atoms with Gasteiger partial charge in [-0.25, -0.2) is 0 Å². The number of benzene rings is 4. The smallest absolute Gasteiger partial charge is 0.0798 e. The summed E-state index contributed by atoms with van der Waals surface area (Å²) < 4.78 is 2.55. The van der Waals surface area contributed by atoms with Gasteiger partial charge in [-0.2, -0.15) is 11.3 Å². The van der Waals surface area contributed by atoms with Gasteiger partial charge in [-0.3, -0.25) is 0 Å². The Labute approximate surface area is 323 Å². The largest absolute Gasteiger partial charge is 0.305 e. The van der Waals surface area contributed by atoms with Crippen molar-refractivity contribution >= 4 is 44.8 Å². The molecule has 0 saturated carbocycles. The van der Waals surface area contributed by atoms with E-state index in [1.165, 1.54) is 47.6 Å². The molecule has 0 unspecified atom stereocenters. The maximum Gasteiger partial charge on any atom is 0.0798 e. The summed E-state index contributed by atoms with van der Waals surface area (Å²) in [6.07, 6.45) is 5.13. The molecule has 3 heterocycles. The molecule has 4 aromatic carbocycles. The van der Waals surface area contributed by atoms with Crippen molar-refractivity contribution < 1.29 is 20.1 Å². The number of fused-ring (bicyclic) bond motifs is 3. The molecule has 0 atom stereocenters. The standard InChI is InChI=1S/C27H22NS.C19H26NSi.Ir/c1-27(2,3)20-14-15-28-24(17-20)22-11-7-10-21-23-16-19(18-8-5-4-6-9-18)12-13-25(23)29-26(21)22;1-19(2,3)13-16-12-17(15-10-8-7-9-11-15)20-14-18(16)21(4,5)6;/h4-10,12-17H,1-3H3;7-10,12,14H,13H2,1-6H3;/q2*-1;. The Morgan fingerprint density at radius 2 is 1.43 bits per heavy atom. The molecule has 0 N–H and O–H groups in total. The van der Waals surface area contributed by atoms with Crippen LogP contribution in [0.1, 0.15) is 52.7 Å². The summed E-state index contributed by atoms with van der Waals surface area (Å²) in [5.41, 5.74) is 9.84. The zero-order chi connectivity index (χ0) is 35.7. The molecule has 7 aromatic rings. The number of thiophene rings is 1. The van der Waals surface area contributed by atoms with E-state index in [1.807, 2.05) is 41.8 Å². The molecule has 263 valence electrons. The number of hydrogen-bond acceptors (Lipinski definition) is 3. The van der Waals surface area contributed by atoms with Crippen LogP contribution in [-0.4, -0.2) is 18.0 Å². The van der Waals surface area contributed by atoms with Gasteiger partial charge in [0.25, 0.3) is 0 Å². The summed E-state index contributed by atoms with van der Waals surface area (Å²) in [6.45, 7) is 20.8. The minimum absolute atomic E-state index is 0. The van der Waals surface area contributed by atoms with Crippen molar-refractivity contribution in [1.29, 1.82) is 0 Å². The maximum atomic E-state index is 4.71. The molecule has 5 heteroatoms. The second-order valence-corrected chi connectivity index (χ2v) is 22.5. The van der Waals surface area contributed by atoms with Crippen molar-refractivity contribution in [3.8, 4) is 33.6 Å². The summed E-state index contributed by atoms with van der Waals surface area (Å²) in [7, 11) is -1.37. The van der Waals surface area contributed by atoms with Gasteiger partial charge in [0.2, 0.25) is 0 Å². The van der Waals surface area contributed by atoms with Crippen LogP contribution in [0, 0.1) is 17.5 Å². The van der Waals surface area contributed by atoms with Crippen LogP contribution < -0.4 is 5.19 Å². The van der Waals surface area contributed by atoms with Gasteiger partial charge in [0.15, 0.2) is 0 Å². The first kappa shape index (κ1) is 38.5. The van der Waals surface area contributed by atoms with E-state index in [2.05, 4.69) is 163 Å². The van der Waals surface area contributed by atoms with E-state index >= 15 is 0 Å². The molecule has 0 amide bonds. The fraction of sp³-hybridized carbons (Fsp3) is 0.261. The molecule has 2 nitrogen and oxygen atoms in total. The number of rotatable bonds is 5. The van der Waals surface area contributed by atoms with E-state index in [-0.39, 0.29) is 30.9 Å². The molecule has 0 aliphatic rings. The van der Waals surface area contributed by atoms with Crippen LogP contribution in [0.25, 0.3) is 53.8 Å². The van der Waals surface area contributed by atoms with Crippen molar-refractivity contribution in [3.05, 3.63) is 139 Å². The molecule has 0 fully saturated rings. The molecular weight excluding hydrogens is 833 g/mol. The van der Waals surface area contributed by atoms with Crippen LogP contribution in [0.4, 0.5) is 0 Å². The number of nitrogens with zero attached hydrogens (tertiary/aromatic N) is 2.